The van der Waals surface area contributed by atoms with Gasteiger partial charge in [-0.3, -0.25) is 4.98 Å². The number of fused-ring (bicyclic) bond motifs is 1. The average Bonchev–Trinajstić information content (AvgIpc) is 2.81. The molecule has 9 heteroatoms. The van der Waals surface area contributed by atoms with Gasteiger partial charge in [0.25, 0.3) is 0 Å². The molecule has 0 unspecified atom stereocenters. The van der Waals surface area contributed by atoms with E-state index in [-0.39, 0.29) is 16.2 Å². The normalized spacial score (nSPS) is 15.4. The Hall–Kier alpha value is -3.19. The smallest absolute Gasteiger partial charge is 0.210 e. The molecule has 3 aromatic rings. The molecule has 4 rings (SSSR count). The number of anilines is 1. The number of piperazine rings is 1. The summed E-state index contributed by atoms with van der Waals surface area (Å²) in [5, 5.41) is 11.8. The molecular weight excluding hydrogens is 426 g/mol. The fourth-order valence-electron chi connectivity index (χ4n) is 3.70. The maximum atomic E-state index is 13.6. The fourth-order valence-corrected chi connectivity index (χ4v) is 5.06. The van der Waals surface area contributed by atoms with E-state index in [1.165, 1.54) is 25.4 Å². The molecule has 2 aromatic carbocycles. The summed E-state index contributed by atoms with van der Waals surface area (Å²) in [6.45, 7) is 3.24. The Morgan fingerprint density at radius 2 is 1.84 bits per heavy atom. The molecule has 1 fully saturated rings. The first kappa shape index (κ1) is 22.0. The van der Waals surface area contributed by atoms with Gasteiger partial charge in [0.2, 0.25) is 9.84 Å². The Balaban J connectivity index is 1.85. The van der Waals surface area contributed by atoms with Crippen LogP contribution in [0, 0.1) is 11.3 Å². The Morgan fingerprint density at radius 3 is 2.50 bits per heavy atom. The van der Waals surface area contributed by atoms with Gasteiger partial charge in [0.1, 0.15) is 10.6 Å². The van der Waals surface area contributed by atoms with Crippen LogP contribution in [0.25, 0.3) is 10.9 Å². The number of benzene rings is 2. The standard InChI is InChI=1S/C23H25N5O3S/c1-27-11-13-28(14-12-27)26-23-20-15-17(9-10-24)3-8-21(20)25-16-22(23)32(29,30)19-6-4-18(31-2)5-7-19/h3-8,15-16H,9,11-14H2,1-2H3,(H,25,26). The summed E-state index contributed by atoms with van der Waals surface area (Å²) < 4.78 is 32.4. The van der Waals surface area contributed by atoms with Crippen molar-refractivity contribution < 1.29 is 13.2 Å². The number of rotatable bonds is 6. The first-order chi connectivity index (χ1) is 15.4. The van der Waals surface area contributed by atoms with Gasteiger partial charge in [-0.15, -0.1) is 0 Å². The van der Waals surface area contributed by atoms with Crippen LogP contribution in [0.2, 0.25) is 0 Å². The Labute approximate surface area is 187 Å². The molecule has 0 spiro atoms. The van der Waals surface area contributed by atoms with Crippen LogP contribution >= 0.6 is 0 Å². The van der Waals surface area contributed by atoms with Crippen molar-refractivity contribution in [2.75, 3.05) is 45.8 Å². The lowest BCUT2D eigenvalue weighted by Crippen LogP contribution is -2.47. The van der Waals surface area contributed by atoms with Crippen LogP contribution in [0.5, 0.6) is 5.75 Å². The van der Waals surface area contributed by atoms with Gasteiger partial charge >= 0.3 is 0 Å². The summed E-state index contributed by atoms with van der Waals surface area (Å²) in [4.78, 5) is 6.91. The van der Waals surface area contributed by atoms with Crippen molar-refractivity contribution in [3.05, 3.63) is 54.2 Å². The molecule has 2 heterocycles. The van der Waals surface area contributed by atoms with Gasteiger partial charge in [-0.1, -0.05) is 6.07 Å². The molecule has 1 aliphatic rings. The molecule has 0 aliphatic carbocycles. The number of pyridine rings is 1. The average molecular weight is 452 g/mol. The summed E-state index contributed by atoms with van der Waals surface area (Å²) in [6.07, 6.45) is 1.64. The predicted molar refractivity (Wildman–Crippen MR) is 122 cm³/mol. The van der Waals surface area contributed by atoms with Crippen molar-refractivity contribution in [2.45, 2.75) is 16.2 Å². The highest BCUT2D eigenvalue weighted by Gasteiger charge is 2.26. The molecule has 0 atom stereocenters. The second kappa shape index (κ2) is 9.12. The number of nitriles is 1. The van der Waals surface area contributed by atoms with Crippen LogP contribution < -0.4 is 10.2 Å². The van der Waals surface area contributed by atoms with Crippen molar-refractivity contribution in [1.29, 1.82) is 5.26 Å². The zero-order chi connectivity index (χ0) is 22.7. The van der Waals surface area contributed by atoms with Gasteiger partial charge < -0.3 is 15.1 Å². The van der Waals surface area contributed by atoms with E-state index in [9.17, 15) is 8.42 Å². The lowest BCUT2D eigenvalue weighted by atomic mass is 10.1. The van der Waals surface area contributed by atoms with Crippen molar-refractivity contribution in [3.8, 4) is 11.8 Å². The Morgan fingerprint density at radius 1 is 1.12 bits per heavy atom. The van der Waals surface area contributed by atoms with Crippen molar-refractivity contribution in [3.63, 3.8) is 0 Å². The van der Waals surface area contributed by atoms with Gasteiger partial charge in [-0.05, 0) is 49.0 Å². The number of likely N-dealkylation sites (N-methyl/N-ethyl adjacent to an activating group) is 1. The zero-order valence-corrected chi connectivity index (χ0v) is 18.9. The molecule has 1 aromatic heterocycles. The van der Waals surface area contributed by atoms with Crippen molar-refractivity contribution in [1.82, 2.24) is 14.9 Å². The maximum Gasteiger partial charge on any atom is 0.210 e. The van der Waals surface area contributed by atoms with Crippen LogP contribution in [0.1, 0.15) is 5.56 Å². The van der Waals surface area contributed by atoms with Gasteiger partial charge in [-0.25, -0.2) is 13.4 Å². The number of nitrogens with zero attached hydrogens (tertiary/aromatic N) is 4. The second-order valence-electron chi connectivity index (χ2n) is 7.76. The van der Waals surface area contributed by atoms with Gasteiger partial charge in [0.15, 0.2) is 0 Å². The van der Waals surface area contributed by atoms with Gasteiger partial charge in [0, 0.05) is 37.8 Å². The predicted octanol–water partition coefficient (Wildman–Crippen LogP) is 2.72. The summed E-state index contributed by atoms with van der Waals surface area (Å²) in [5.74, 6) is 0.581. The topological polar surface area (TPSA) is 98.6 Å². The molecule has 0 bridgehead atoms. The van der Waals surface area contributed by atoms with Crippen LogP contribution in [0.15, 0.2) is 58.5 Å². The number of sulfone groups is 1. The van der Waals surface area contributed by atoms with Gasteiger partial charge in [0.05, 0.1) is 35.7 Å². The van der Waals surface area contributed by atoms with Crippen LogP contribution in [0.3, 0.4) is 0 Å². The lowest BCUT2D eigenvalue weighted by molar-refractivity contribution is 0.179. The van der Waals surface area contributed by atoms with E-state index in [2.05, 4.69) is 28.4 Å². The van der Waals surface area contributed by atoms with E-state index in [0.29, 0.717) is 22.3 Å². The highest BCUT2D eigenvalue weighted by molar-refractivity contribution is 7.91. The Bertz CT molecular complexity index is 1260. The molecule has 166 valence electrons. The monoisotopic (exact) mass is 451 g/mol. The number of hydrogen-bond acceptors (Lipinski definition) is 8. The lowest BCUT2D eigenvalue weighted by Gasteiger charge is -2.33. The number of nitrogens with one attached hydrogen (secondary N) is 1. The fraction of sp³-hybridized carbons (Fsp3) is 0.304. The third kappa shape index (κ3) is 4.39. The third-order valence-corrected chi connectivity index (χ3v) is 7.39. The molecular formula is C23H25N5O3S. The molecule has 8 nitrogen and oxygen atoms in total. The van der Waals surface area contributed by atoms with Crippen molar-refractivity contribution >= 4 is 26.4 Å². The van der Waals surface area contributed by atoms with E-state index in [0.717, 1.165) is 31.7 Å². The van der Waals surface area contributed by atoms with Crippen molar-refractivity contribution in [2.24, 2.45) is 0 Å². The maximum absolute atomic E-state index is 13.6. The van der Waals surface area contributed by atoms with E-state index in [1.54, 1.807) is 12.1 Å². The second-order valence-corrected chi connectivity index (χ2v) is 9.68. The molecule has 0 saturated carbocycles. The van der Waals surface area contributed by atoms with E-state index >= 15 is 0 Å². The summed E-state index contributed by atoms with van der Waals surface area (Å²) in [7, 11) is -0.258. The van der Waals surface area contributed by atoms with Crippen LogP contribution in [-0.2, 0) is 16.3 Å². The largest absolute Gasteiger partial charge is 0.497 e. The summed E-state index contributed by atoms with van der Waals surface area (Å²) >= 11 is 0. The molecule has 32 heavy (non-hydrogen) atoms. The van der Waals surface area contributed by atoms with E-state index < -0.39 is 9.84 Å². The molecule has 0 radical (unpaired) electrons. The van der Waals surface area contributed by atoms with E-state index in [1.807, 2.05) is 23.2 Å². The Kier molecular flexibility index (Phi) is 6.28. The first-order valence-corrected chi connectivity index (χ1v) is 11.8. The third-order valence-electron chi connectivity index (χ3n) is 5.61. The summed E-state index contributed by atoms with van der Waals surface area (Å²) in [6, 6.07) is 14.0. The van der Waals surface area contributed by atoms with Crippen LogP contribution in [0.4, 0.5) is 5.69 Å². The number of methoxy groups -OCH3 is 1. The number of hydrazine groups is 1. The zero-order valence-electron chi connectivity index (χ0n) is 18.1. The van der Waals surface area contributed by atoms with Crippen LogP contribution in [-0.4, -0.2) is 63.6 Å². The first-order valence-electron chi connectivity index (χ1n) is 10.3. The quantitative estimate of drug-likeness (QED) is 0.611. The minimum atomic E-state index is -3.86. The number of ether oxygens (including phenoxy) is 1. The highest BCUT2D eigenvalue weighted by atomic mass is 32.2. The number of hydrogen-bond donors (Lipinski definition) is 1. The minimum Gasteiger partial charge on any atom is -0.497 e. The molecule has 0 amide bonds. The summed E-state index contributed by atoms with van der Waals surface area (Å²) in [5.41, 5.74) is 5.31. The highest BCUT2D eigenvalue weighted by Crippen LogP contribution is 2.34. The molecule has 1 saturated heterocycles. The number of aromatic nitrogens is 1. The SMILES string of the molecule is COc1ccc(S(=O)(=O)c2cnc3ccc(CC#N)cc3c2NN2CCN(C)CC2)cc1. The van der Waals surface area contributed by atoms with Gasteiger partial charge in [-0.2, -0.15) is 5.26 Å². The van der Waals surface area contributed by atoms with E-state index in [4.69, 9.17) is 10.00 Å². The molecule has 1 aliphatic heterocycles. The minimum absolute atomic E-state index is 0.100. The molecule has 1 N–H and O–H groups in total.